The van der Waals surface area contributed by atoms with Gasteiger partial charge in [0, 0.05) is 16.4 Å². The van der Waals surface area contributed by atoms with Gasteiger partial charge in [-0.3, -0.25) is 0 Å². The third-order valence-electron chi connectivity index (χ3n) is 3.99. The average Bonchev–Trinajstić information content (AvgIpc) is 3.16. The fraction of sp³-hybridized carbons (Fsp3) is 0.188. The number of nitrogens with zero attached hydrogens (tertiary/aromatic N) is 2. The Morgan fingerprint density at radius 2 is 1.95 bits per heavy atom. The van der Waals surface area contributed by atoms with E-state index in [4.69, 9.17) is 5.73 Å². The van der Waals surface area contributed by atoms with Gasteiger partial charge in [-0.15, -0.1) is 0 Å². The second kappa shape index (κ2) is 4.35. The maximum atomic E-state index is 6.12. The second-order valence-electron chi connectivity index (χ2n) is 5.29. The lowest BCUT2D eigenvalue weighted by atomic mass is 10.1. The van der Waals surface area contributed by atoms with Crippen LogP contribution >= 0.6 is 15.9 Å². The summed E-state index contributed by atoms with van der Waals surface area (Å²) in [4.78, 5) is 4.47. The molecule has 2 N–H and O–H groups in total. The molecule has 1 aliphatic rings. The lowest BCUT2D eigenvalue weighted by Gasteiger charge is -2.06. The molecule has 1 heterocycles. The standard InChI is InChI=1S/C16H14BrN3/c17-11-6-7-14-13(8-11)19-16(18)20(14)15-9-12(15)10-4-2-1-3-5-10/h1-8,12,15H,9H2,(H2,18,19). The highest BCUT2D eigenvalue weighted by Gasteiger charge is 2.41. The van der Waals surface area contributed by atoms with E-state index < -0.39 is 0 Å². The number of anilines is 1. The predicted molar refractivity (Wildman–Crippen MR) is 84.7 cm³/mol. The fourth-order valence-corrected chi connectivity index (χ4v) is 3.31. The molecule has 0 amide bonds. The van der Waals surface area contributed by atoms with Crippen LogP contribution in [0, 0.1) is 0 Å². The molecule has 1 saturated carbocycles. The SMILES string of the molecule is Nc1nc2cc(Br)ccc2n1C1CC1c1ccccc1. The summed E-state index contributed by atoms with van der Waals surface area (Å²) in [6, 6.07) is 17.2. The molecule has 3 aromatic rings. The topological polar surface area (TPSA) is 43.8 Å². The molecule has 2 aromatic carbocycles. The molecular weight excluding hydrogens is 314 g/mol. The number of nitrogens with two attached hydrogens (primary N) is 1. The van der Waals surface area contributed by atoms with Gasteiger partial charge in [-0.2, -0.15) is 0 Å². The zero-order valence-electron chi connectivity index (χ0n) is 10.8. The molecule has 1 aromatic heterocycles. The number of hydrogen-bond donors (Lipinski definition) is 1. The number of rotatable bonds is 2. The van der Waals surface area contributed by atoms with Crippen molar-refractivity contribution in [1.29, 1.82) is 0 Å². The number of nitrogen functional groups attached to an aromatic ring is 1. The molecule has 0 radical (unpaired) electrons. The summed E-state index contributed by atoms with van der Waals surface area (Å²) < 4.78 is 3.21. The van der Waals surface area contributed by atoms with Gasteiger partial charge in [0.2, 0.25) is 5.95 Å². The summed E-state index contributed by atoms with van der Waals surface area (Å²) in [6.45, 7) is 0. The Morgan fingerprint density at radius 1 is 1.15 bits per heavy atom. The number of halogens is 1. The zero-order chi connectivity index (χ0) is 13.7. The first kappa shape index (κ1) is 12.0. The molecular formula is C16H14BrN3. The maximum absolute atomic E-state index is 6.12. The fourth-order valence-electron chi connectivity index (χ4n) is 2.96. The lowest BCUT2D eigenvalue weighted by Crippen LogP contribution is -2.02. The summed E-state index contributed by atoms with van der Waals surface area (Å²) in [5, 5.41) is 0. The van der Waals surface area contributed by atoms with Crippen molar-refractivity contribution in [2.75, 3.05) is 5.73 Å². The Kier molecular flexibility index (Phi) is 2.60. The molecule has 20 heavy (non-hydrogen) atoms. The smallest absolute Gasteiger partial charge is 0.201 e. The van der Waals surface area contributed by atoms with Crippen LogP contribution in [0.25, 0.3) is 11.0 Å². The third kappa shape index (κ3) is 1.83. The van der Waals surface area contributed by atoms with Crippen molar-refractivity contribution in [1.82, 2.24) is 9.55 Å². The van der Waals surface area contributed by atoms with Crippen LogP contribution in [-0.4, -0.2) is 9.55 Å². The van der Waals surface area contributed by atoms with Crippen LogP contribution in [0.5, 0.6) is 0 Å². The first-order chi connectivity index (χ1) is 9.74. The monoisotopic (exact) mass is 327 g/mol. The van der Waals surface area contributed by atoms with Crippen molar-refractivity contribution < 1.29 is 0 Å². The van der Waals surface area contributed by atoms with E-state index in [2.05, 4.69) is 61.9 Å². The van der Waals surface area contributed by atoms with Gasteiger partial charge < -0.3 is 10.3 Å². The molecule has 3 nitrogen and oxygen atoms in total. The van der Waals surface area contributed by atoms with Gasteiger partial charge in [0.25, 0.3) is 0 Å². The van der Waals surface area contributed by atoms with Gasteiger partial charge in [0.15, 0.2) is 0 Å². The summed E-state index contributed by atoms with van der Waals surface area (Å²) in [7, 11) is 0. The van der Waals surface area contributed by atoms with Crippen molar-refractivity contribution in [2.24, 2.45) is 0 Å². The predicted octanol–water partition coefficient (Wildman–Crippen LogP) is 4.11. The Morgan fingerprint density at radius 3 is 2.75 bits per heavy atom. The molecule has 0 bridgehead atoms. The van der Waals surface area contributed by atoms with Crippen molar-refractivity contribution in [2.45, 2.75) is 18.4 Å². The minimum Gasteiger partial charge on any atom is -0.369 e. The van der Waals surface area contributed by atoms with Gasteiger partial charge in [-0.1, -0.05) is 46.3 Å². The van der Waals surface area contributed by atoms with Gasteiger partial charge in [-0.05, 0) is 30.2 Å². The molecule has 0 saturated heterocycles. The number of hydrogen-bond acceptors (Lipinski definition) is 2. The molecule has 1 fully saturated rings. The summed E-state index contributed by atoms with van der Waals surface area (Å²) in [6.07, 6.45) is 1.13. The van der Waals surface area contributed by atoms with Crippen molar-refractivity contribution in [3.05, 3.63) is 58.6 Å². The van der Waals surface area contributed by atoms with Gasteiger partial charge in [-0.25, -0.2) is 4.98 Å². The van der Waals surface area contributed by atoms with E-state index in [1.807, 2.05) is 12.1 Å². The number of benzene rings is 2. The van der Waals surface area contributed by atoms with E-state index in [0.29, 0.717) is 17.9 Å². The first-order valence-corrected chi connectivity index (χ1v) is 7.51. The van der Waals surface area contributed by atoms with Crippen LogP contribution < -0.4 is 5.73 Å². The molecule has 1 aliphatic carbocycles. The van der Waals surface area contributed by atoms with E-state index >= 15 is 0 Å². The third-order valence-corrected chi connectivity index (χ3v) is 4.49. The summed E-state index contributed by atoms with van der Waals surface area (Å²) in [5.74, 6) is 1.17. The summed E-state index contributed by atoms with van der Waals surface area (Å²) >= 11 is 3.48. The average molecular weight is 328 g/mol. The molecule has 0 spiro atoms. The largest absolute Gasteiger partial charge is 0.369 e. The Balaban J connectivity index is 1.76. The van der Waals surface area contributed by atoms with Crippen molar-refractivity contribution in [3.8, 4) is 0 Å². The molecule has 2 atom stereocenters. The number of imidazole rings is 1. The Hall–Kier alpha value is -1.81. The quantitative estimate of drug-likeness (QED) is 0.769. The number of aromatic nitrogens is 2. The van der Waals surface area contributed by atoms with E-state index in [0.717, 1.165) is 21.9 Å². The normalized spacial score (nSPS) is 21.2. The Bertz CT molecular complexity index is 779. The van der Waals surface area contributed by atoms with E-state index in [9.17, 15) is 0 Å². The van der Waals surface area contributed by atoms with Gasteiger partial charge in [0.1, 0.15) is 0 Å². The van der Waals surface area contributed by atoms with Crippen LogP contribution in [0.2, 0.25) is 0 Å². The van der Waals surface area contributed by atoms with Crippen molar-refractivity contribution in [3.63, 3.8) is 0 Å². The minimum absolute atomic E-state index is 0.434. The van der Waals surface area contributed by atoms with Crippen molar-refractivity contribution >= 4 is 32.9 Å². The highest BCUT2D eigenvalue weighted by molar-refractivity contribution is 9.10. The highest BCUT2D eigenvalue weighted by atomic mass is 79.9. The first-order valence-electron chi connectivity index (χ1n) is 6.72. The van der Waals surface area contributed by atoms with E-state index in [-0.39, 0.29) is 0 Å². The highest BCUT2D eigenvalue weighted by Crippen LogP contribution is 2.53. The molecule has 2 unspecified atom stereocenters. The van der Waals surface area contributed by atoms with Gasteiger partial charge in [0.05, 0.1) is 11.0 Å². The lowest BCUT2D eigenvalue weighted by molar-refractivity contribution is 0.751. The second-order valence-corrected chi connectivity index (χ2v) is 6.21. The minimum atomic E-state index is 0.434. The summed E-state index contributed by atoms with van der Waals surface area (Å²) in [5.41, 5.74) is 9.58. The maximum Gasteiger partial charge on any atom is 0.201 e. The molecule has 4 heteroatoms. The molecule has 4 rings (SSSR count). The van der Waals surface area contributed by atoms with Crippen LogP contribution in [0.4, 0.5) is 5.95 Å². The zero-order valence-corrected chi connectivity index (χ0v) is 12.4. The molecule has 100 valence electrons. The van der Waals surface area contributed by atoms with Crippen LogP contribution in [-0.2, 0) is 0 Å². The number of fused-ring (bicyclic) bond motifs is 1. The Labute approximate surface area is 125 Å². The van der Waals surface area contributed by atoms with Crippen LogP contribution in [0.15, 0.2) is 53.0 Å². The van der Waals surface area contributed by atoms with Gasteiger partial charge >= 0.3 is 0 Å². The van der Waals surface area contributed by atoms with E-state index in [1.165, 1.54) is 5.56 Å². The molecule has 0 aliphatic heterocycles. The van der Waals surface area contributed by atoms with Crippen LogP contribution in [0.3, 0.4) is 0 Å². The van der Waals surface area contributed by atoms with E-state index in [1.54, 1.807) is 0 Å². The van der Waals surface area contributed by atoms with Crippen LogP contribution in [0.1, 0.15) is 23.9 Å².